The van der Waals surface area contributed by atoms with Crippen molar-refractivity contribution in [3.05, 3.63) is 24.0 Å². The second-order valence-electron chi connectivity index (χ2n) is 3.92. The van der Waals surface area contributed by atoms with Crippen LogP contribution in [0.1, 0.15) is 19.4 Å². The average Bonchev–Trinajstić information content (AvgIpc) is 2.74. The molecule has 1 aliphatic rings. The minimum Gasteiger partial charge on any atom is -0.264 e. The van der Waals surface area contributed by atoms with E-state index in [0.717, 1.165) is 17.7 Å². The molecule has 1 aliphatic heterocycles. The molecule has 5 nitrogen and oxygen atoms in total. The second-order valence-corrected chi connectivity index (χ2v) is 5.77. The molecular weight excluding hydrogens is 238 g/mol. The summed E-state index contributed by atoms with van der Waals surface area (Å²) in [5.41, 5.74) is 1.77. The summed E-state index contributed by atoms with van der Waals surface area (Å²) in [6, 6.07) is 1.77. The van der Waals surface area contributed by atoms with Gasteiger partial charge in [-0.05, 0) is 18.1 Å². The summed E-state index contributed by atoms with van der Waals surface area (Å²) >= 11 is 0. The second kappa shape index (κ2) is 4.62. The van der Waals surface area contributed by atoms with Gasteiger partial charge in [0.05, 0.1) is 5.69 Å². The Morgan fingerprint density at radius 1 is 1.41 bits per heavy atom. The zero-order chi connectivity index (χ0) is 12.5. The Labute approximate surface area is 102 Å². The van der Waals surface area contributed by atoms with Crippen LogP contribution in [0.25, 0.3) is 0 Å². The van der Waals surface area contributed by atoms with Gasteiger partial charge < -0.3 is 0 Å². The lowest BCUT2D eigenvalue weighted by Gasteiger charge is -2.26. The van der Waals surface area contributed by atoms with Crippen LogP contribution in [0.15, 0.2) is 18.5 Å². The van der Waals surface area contributed by atoms with E-state index in [0.29, 0.717) is 19.6 Å². The molecule has 94 valence electrons. The van der Waals surface area contributed by atoms with Crippen LogP contribution in [0.3, 0.4) is 0 Å². The maximum Gasteiger partial charge on any atom is 0.304 e. The molecule has 0 radical (unpaired) electrons. The van der Waals surface area contributed by atoms with Crippen LogP contribution in [0.4, 0.5) is 5.69 Å². The molecule has 0 amide bonds. The summed E-state index contributed by atoms with van der Waals surface area (Å²) in [5, 5.41) is 0. The van der Waals surface area contributed by atoms with Crippen LogP contribution in [0, 0.1) is 0 Å². The van der Waals surface area contributed by atoms with Crippen molar-refractivity contribution in [1.29, 1.82) is 0 Å². The van der Waals surface area contributed by atoms with E-state index in [9.17, 15) is 8.42 Å². The number of nitrogens with zero attached hydrogens (tertiary/aromatic N) is 3. The number of hydrogen-bond donors (Lipinski definition) is 0. The Balaban J connectivity index is 2.37. The van der Waals surface area contributed by atoms with Gasteiger partial charge in [-0.25, -0.2) is 0 Å². The molecule has 0 N–H and O–H groups in total. The van der Waals surface area contributed by atoms with Crippen LogP contribution in [-0.2, 0) is 16.6 Å². The summed E-state index contributed by atoms with van der Waals surface area (Å²) in [4.78, 5) is 4.02. The molecule has 0 atom stereocenters. The van der Waals surface area contributed by atoms with Crippen LogP contribution >= 0.6 is 0 Å². The van der Waals surface area contributed by atoms with Gasteiger partial charge in [0.1, 0.15) is 0 Å². The first-order valence-electron chi connectivity index (χ1n) is 5.82. The Hall–Kier alpha value is -1.14. The molecule has 6 heteroatoms. The Morgan fingerprint density at radius 2 is 2.12 bits per heavy atom. The molecule has 0 spiro atoms. The van der Waals surface area contributed by atoms with E-state index in [-0.39, 0.29) is 0 Å². The molecule has 1 aromatic heterocycles. The highest BCUT2D eigenvalue weighted by Gasteiger charge is 2.32. The smallest absolute Gasteiger partial charge is 0.264 e. The van der Waals surface area contributed by atoms with Crippen molar-refractivity contribution >= 4 is 15.9 Å². The molecule has 0 fully saturated rings. The maximum atomic E-state index is 12.4. The first-order valence-corrected chi connectivity index (χ1v) is 7.21. The van der Waals surface area contributed by atoms with Gasteiger partial charge in [-0.15, -0.1) is 0 Å². The lowest BCUT2D eigenvalue weighted by Crippen LogP contribution is -2.43. The van der Waals surface area contributed by atoms with Crippen molar-refractivity contribution in [3.63, 3.8) is 0 Å². The molecule has 0 saturated carbocycles. The molecule has 0 aromatic carbocycles. The van der Waals surface area contributed by atoms with Crippen molar-refractivity contribution < 1.29 is 8.42 Å². The van der Waals surface area contributed by atoms with E-state index in [1.807, 2.05) is 13.8 Å². The molecule has 2 heterocycles. The van der Waals surface area contributed by atoms with Gasteiger partial charge in [0.15, 0.2) is 0 Å². The highest BCUT2D eigenvalue weighted by molar-refractivity contribution is 7.90. The van der Waals surface area contributed by atoms with Gasteiger partial charge in [0.25, 0.3) is 0 Å². The van der Waals surface area contributed by atoms with Crippen molar-refractivity contribution in [2.24, 2.45) is 0 Å². The van der Waals surface area contributed by atoms with E-state index < -0.39 is 10.2 Å². The number of pyridine rings is 1. The Bertz CT molecular complexity index is 497. The van der Waals surface area contributed by atoms with Crippen LogP contribution in [0.5, 0.6) is 0 Å². The van der Waals surface area contributed by atoms with E-state index in [1.54, 1.807) is 18.5 Å². The lowest BCUT2D eigenvalue weighted by molar-refractivity contribution is 0.443. The van der Waals surface area contributed by atoms with Crippen LogP contribution in [-0.4, -0.2) is 37.3 Å². The molecular formula is C11H17N3O2S. The molecule has 2 rings (SSSR count). The molecule has 0 unspecified atom stereocenters. The van der Waals surface area contributed by atoms with Crippen molar-refractivity contribution in [2.45, 2.75) is 20.3 Å². The third kappa shape index (κ3) is 2.02. The molecule has 1 aromatic rings. The molecule has 0 bridgehead atoms. The topological polar surface area (TPSA) is 53.5 Å². The van der Waals surface area contributed by atoms with Gasteiger partial charge >= 0.3 is 10.2 Å². The first-order chi connectivity index (χ1) is 8.11. The highest BCUT2D eigenvalue weighted by atomic mass is 32.2. The minimum atomic E-state index is -3.38. The Morgan fingerprint density at radius 3 is 2.76 bits per heavy atom. The van der Waals surface area contributed by atoms with E-state index in [1.165, 1.54) is 8.61 Å². The fourth-order valence-corrected chi connectivity index (χ4v) is 3.81. The summed E-state index contributed by atoms with van der Waals surface area (Å²) in [5.74, 6) is 0. The first kappa shape index (κ1) is 12.3. The van der Waals surface area contributed by atoms with Gasteiger partial charge in [-0.2, -0.15) is 12.7 Å². The van der Waals surface area contributed by atoms with E-state index in [2.05, 4.69) is 4.98 Å². The average molecular weight is 255 g/mol. The van der Waals surface area contributed by atoms with Crippen LogP contribution < -0.4 is 4.31 Å². The lowest BCUT2D eigenvalue weighted by atomic mass is 10.2. The Kier molecular flexibility index (Phi) is 3.35. The molecule has 0 aliphatic carbocycles. The zero-order valence-electron chi connectivity index (χ0n) is 10.1. The molecule has 17 heavy (non-hydrogen) atoms. The van der Waals surface area contributed by atoms with Gasteiger partial charge in [0, 0.05) is 32.0 Å². The number of hydrogen-bond acceptors (Lipinski definition) is 3. The van der Waals surface area contributed by atoms with Crippen molar-refractivity contribution in [1.82, 2.24) is 9.29 Å². The quantitative estimate of drug-likeness (QED) is 0.807. The predicted octanol–water partition coefficient (Wildman–Crippen LogP) is 1.03. The SMILES string of the molecule is CCN(CC)S(=O)(=O)N1CCc2cnccc21. The minimum absolute atomic E-state index is 0.496. The largest absolute Gasteiger partial charge is 0.304 e. The third-order valence-electron chi connectivity index (χ3n) is 3.04. The van der Waals surface area contributed by atoms with E-state index >= 15 is 0 Å². The summed E-state index contributed by atoms with van der Waals surface area (Å²) < 4.78 is 27.7. The van der Waals surface area contributed by atoms with Gasteiger partial charge in [-0.1, -0.05) is 13.8 Å². The number of fused-ring (bicyclic) bond motifs is 1. The van der Waals surface area contributed by atoms with Gasteiger partial charge in [-0.3, -0.25) is 9.29 Å². The number of anilines is 1. The van der Waals surface area contributed by atoms with Crippen molar-refractivity contribution in [3.8, 4) is 0 Å². The third-order valence-corrected chi connectivity index (χ3v) is 5.15. The summed E-state index contributed by atoms with van der Waals surface area (Å²) in [7, 11) is -3.38. The summed E-state index contributed by atoms with van der Waals surface area (Å²) in [6.07, 6.45) is 4.12. The standard InChI is InChI=1S/C11H17N3O2S/c1-3-13(4-2)17(15,16)14-8-6-10-9-12-7-5-11(10)14/h5,7,9H,3-4,6,8H2,1-2H3. The van der Waals surface area contributed by atoms with Crippen molar-refractivity contribution in [2.75, 3.05) is 23.9 Å². The van der Waals surface area contributed by atoms with Gasteiger partial charge in [0.2, 0.25) is 0 Å². The summed E-state index contributed by atoms with van der Waals surface area (Å²) in [6.45, 7) is 5.21. The molecule has 0 saturated heterocycles. The normalized spacial score (nSPS) is 15.4. The predicted molar refractivity (Wildman–Crippen MR) is 67.1 cm³/mol. The monoisotopic (exact) mass is 255 g/mol. The highest BCUT2D eigenvalue weighted by Crippen LogP contribution is 2.30. The zero-order valence-corrected chi connectivity index (χ0v) is 10.9. The fourth-order valence-electron chi connectivity index (χ4n) is 2.13. The number of rotatable bonds is 4. The number of aromatic nitrogens is 1. The van der Waals surface area contributed by atoms with E-state index in [4.69, 9.17) is 0 Å². The maximum absolute atomic E-state index is 12.4. The van der Waals surface area contributed by atoms with Crippen LogP contribution in [0.2, 0.25) is 0 Å². The fraction of sp³-hybridized carbons (Fsp3) is 0.545.